The van der Waals surface area contributed by atoms with Crippen LogP contribution in [0.1, 0.15) is 104 Å². The SMILES string of the molecule is CC(C)(C)C(=O)OC1[C@@H](OC(=O)C(C)(C)C)[C@@H](OC(=O)C(C)(C)C)C(O)[C@@H](OC(=O)C(C)(C)C)[C@H]1OC(=O)C(C)(C)C. The Kier molecular flexibility index (Phi) is 11.1. The zero-order valence-corrected chi connectivity index (χ0v) is 28.0. The second-order valence-corrected chi connectivity index (χ2v) is 16.1. The van der Waals surface area contributed by atoms with Crippen LogP contribution in [0.25, 0.3) is 0 Å². The summed E-state index contributed by atoms with van der Waals surface area (Å²) in [6.07, 6.45) is -10.1. The summed E-state index contributed by atoms with van der Waals surface area (Å²) in [4.78, 5) is 65.9. The number of rotatable bonds is 5. The first-order valence-electron chi connectivity index (χ1n) is 14.2. The van der Waals surface area contributed by atoms with Crippen LogP contribution in [-0.4, -0.2) is 71.6 Å². The number of aliphatic hydroxyl groups is 1. The molecule has 6 atom stereocenters. The van der Waals surface area contributed by atoms with Crippen LogP contribution in [0.15, 0.2) is 0 Å². The van der Waals surface area contributed by atoms with E-state index in [1.807, 2.05) is 0 Å². The Hall–Kier alpha value is -2.69. The predicted octanol–water partition coefficient (Wildman–Crippen LogP) is 4.15. The Morgan fingerprint density at radius 2 is 0.500 bits per heavy atom. The summed E-state index contributed by atoms with van der Waals surface area (Å²) in [6.45, 7) is 23.8. The maximum atomic E-state index is 13.3. The standard InChI is InChI=1S/C31H52O11/c1-27(2,3)22(33)38-17-16(32)18(39-23(34)28(4,5)6)20(41-25(36)30(10,11)12)21(42-26(37)31(13,14)15)19(17)40-24(35)29(7,8)9/h16-21,32H,1-15H3/t16?,17-,18+,19-,20+,21?. The monoisotopic (exact) mass is 600 g/mol. The van der Waals surface area contributed by atoms with E-state index in [0.29, 0.717) is 0 Å². The van der Waals surface area contributed by atoms with Gasteiger partial charge in [-0.25, -0.2) is 0 Å². The Bertz CT molecular complexity index is 958. The minimum Gasteiger partial charge on any atom is -0.455 e. The fourth-order valence-electron chi connectivity index (χ4n) is 3.31. The summed E-state index contributed by atoms with van der Waals surface area (Å²) < 4.78 is 28.9. The average Bonchev–Trinajstić information content (AvgIpc) is 2.77. The van der Waals surface area contributed by atoms with Gasteiger partial charge in [0.2, 0.25) is 0 Å². The maximum Gasteiger partial charge on any atom is 0.311 e. The van der Waals surface area contributed by atoms with Crippen molar-refractivity contribution in [2.24, 2.45) is 27.1 Å². The summed E-state index contributed by atoms with van der Waals surface area (Å²) in [5, 5.41) is 11.7. The van der Waals surface area contributed by atoms with Crippen LogP contribution < -0.4 is 0 Å². The third kappa shape index (κ3) is 9.67. The van der Waals surface area contributed by atoms with Crippen molar-refractivity contribution in [1.82, 2.24) is 0 Å². The van der Waals surface area contributed by atoms with Gasteiger partial charge in [0.05, 0.1) is 27.1 Å². The second kappa shape index (κ2) is 12.5. The number of carbonyl (C=O) groups excluding carboxylic acids is 5. The third-order valence-electron chi connectivity index (χ3n) is 6.25. The molecule has 1 saturated carbocycles. The molecule has 1 aliphatic carbocycles. The van der Waals surface area contributed by atoms with Crippen LogP contribution >= 0.6 is 0 Å². The minimum atomic E-state index is -1.84. The third-order valence-corrected chi connectivity index (χ3v) is 6.25. The molecule has 0 aliphatic heterocycles. The van der Waals surface area contributed by atoms with Crippen molar-refractivity contribution in [1.29, 1.82) is 0 Å². The first-order valence-corrected chi connectivity index (χ1v) is 14.2. The van der Waals surface area contributed by atoms with Gasteiger partial charge in [0.1, 0.15) is 6.10 Å². The molecule has 0 saturated heterocycles. The molecule has 0 bridgehead atoms. The molecule has 0 amide bonds. The highest BCUT2D eigenvalue weighted by atomic mass is 16.7. The summed E-state index contributed by atoms with van der Waals surface area (Å²) >= 11 is 0. The molecule has 11 heteroatoms. The van der Waals surface area contributed by atoms with E-state index in [1.165, 1.54) is 0 Å². The normalized spacial score (nSPS) is 25.6. The summed E-state index contributed by atoms with van der Waals surface area (Å²) in [5.41, 5.74) is -5.29. The lowest BCUT2D eigenvalue weighted by Crippen LogP contribution is -2.69. The molecule has 1 N–H and O–H groups in total. The van der Waals surface area contributed by atoms with E-state index in [0.717, 1.165) is 0 Å². The van der Waals surface area contributed by atoms with Crippen molar-refractivity contribution >= 4 is 29.8 Å². The van der Waals surface area contributed by atoms with Gasteiger partial charge in [-0.15, -0.1) is 0 Å². The molecule has 1 aliphatic rings. The Morgan fingerprint density at radius 3 is 0.667 bits per heavy atom. The molecule has 0 aromatic heterocycles. The van der Waals surface area contributed by atoms with Crippen molar-refractivity contribution in [2.45, 2.75) is 140 Å². The molecule has 0 spiro atoms. The summed E-state index contributed by atoms with van der Waals surface area (Å²) in [5.74, 6) is -3.83. The van der Waals surface area contributed by atoms with E-state index in [9.17, 15) is 29.1 Å². The van der Waals surface area contributed by atoms with Gasteiger partial charge in [-0.1, -0.05) is 0 Å². The molecular formula is C31H52O11. The van der Waals surface area contributed by atoms with Gasteiger partial charge in [-0.05, 0) is 104 Å². The highest BCUT2D eigenvalue weighted by Crippen LogP contribution is 2.37. The zero-order valence-electron chi connectivity index (χ0n) is 28.0. The second-order valence-electron chi connectivity index (χ2n) is 16.1. The smallest absolute Gasteiger partial charge is 0.311 e. The number of carbonyl (C=O) groups is 5. The minimum absolute atomic E-state index is 0.764. The molecule has 0 radical (unpaired) electrons. The molecule has 1 rings (SSSR count). The van der Waals surface area contributed by atoms with Gasteiger partial charge < -0.3 is 28.8 Å². The number of hydrogen-bond acceptors (Lipinski definition) is 11. The molecule has 1 fully saturated rings. The van der Waals surface area contributed by atoms with Gasteiger partial charge in [-0.2, -0.15) is 0 Å². The largest absolute Gasteiger partial charge is 0.455 e. The molecule has 2 unspecified atom stereocenters. The van der Waals surface area contributed by atoms with E-state index in [1.54, 1.807) is 104 Å². The maximum absolute atomic E-state index is 13.3. The lowest BCUT2D eigenvalue weighted by Gasteiger charge is -2.48. The van der Waals surface area contributed by atoms with Gasteiger partial charge in [0.25, 0.3) is 0 Å². The molecule has 242 valence electrons. The summed E-state index contributed by atoms with van der Waals surface area (Å²) in [7, 11) is 0. The quantitative estimate of drug-likeness (QED) is 0.358. The van der Waals surface area contributed by atoms with E-state index in [4.69, 9.17) is 23.7 Å². The molecule has 11 nitrogen and oxygen atoms in total. The van der Waals surface area contributed by atoms with Gasteiger partial charge in [0, 0.05) is 0 Å². The van der Waals surface area contributed by atoms with Gasteiger partial charge >= 0.3 is 29.8 Å². The van der Waals surface area contributed by atoms with Crippen LogP contribution in [0.3, 0.4) is 0 Å². The van der Waals surface area contributed by atoms with Crippen molar-refractivity contribution in [3.05, 3.63) is 0 Å². The number of hydrogen-bond donors (Lipinski definition) is 1. The molecule has 0 aromatic rings. The predicted molar refractivity (Wildman–Crippen MR) is 153 cm³/mol. The highest BCUT2D eigenvalue weighted by Gasteiger charge is 2.61. The van der Waals surface area contributed by atoms with Gasteiger partial charge in [0.15, 0.2) is 30.5 Å². The van der Waals surface area contributed by atoms with E-state index < -0.39 is 93.5 Å². The molecule has 42 heavy (non-hydrogen) atoms. The first kappa shape index (κ1) is 37.3. The molecular weight excluding hydrogens is 548 g/mol. The van der Waals surface area contributed by atoms with Crippen LogP contribution in [-0.2, 0) is 47.7 Å². The van der Waals surface area contributed by atoms with Crippen LogP contribution in [0.2, 0.25) is 0 Å². The zero-order chi connectivity index (χ0) is 33.4. The summed E-state index contributed by atoms with van der Waals surface area (Å²) in [6, 6.07) is 0. The van der Waals surface area contributed by atoms with Crippen molar-refractivity contribution in [2.75, 3.05) is 0 Å². The topological polar surface area (TPSA) is 152 Å². The average molecular weight is 601 g/mol. The van der Waals surface area contributed by atoms with Gasteiger partial charge in [-0.3, -0.25) is 24.0 Å². The van der Waals surface area contributed by atoms with E-state index >= 15 is 0 Å². The first-order chi connectivity index (χ1) is 18.5. The fraction of sp³-hybridized carbons (Fsp3) is 0.839. The van der Waals surface area contributed by atoms with E-state index in [-0.39, 0.29) is 0 Å². The molecule has 0 heterocycles. The Morgan fingerprint density at radius 1 is 0.357 bits per heavy atom. The lowest BCUT2D eigenvalue weighted by molar-refractivity contribution is -0.264. The molecule has 0 aromatic carbocycles. The van der Waals surface area contributed by atoms with Crippen molar-refractivity contribution in [3.8, 4) is 0 Å². The number of ether oxygens (including phenoxy) is 5. The Labute approximate surface area is 250 Å². The Balaban J connectivity index is 4.00. The fourth-order valence-corrected chi connectivity index (χ4v) is 3.31. The van der Waals surface area contributed by atoms with Crippen molar-refractivity contribution < 1.29 is 52.8 Å². The van der Waals surface area contributed by atoms with Crippen LogP contribution in [0.4, 0.5) is 0 Å². The number of esters is 5. The highest BCUT2D eigenvalue weighted by molar-refractivity contribution is 5.79. The number of aliphatic hydroxyl groups excluding tert-OH is 1. The van der Waals surface area contributed by atoms with E-state index in [2.05, 4.69) is 0 Å². The van der Waals surface area contributed by atoms with Crippen LogP contribution in [0, 0.1) is 27.1 Å². The van der Waals surface area contributed by atoms with Crippen LogP contribution in [0.5, 0.6) is 0 Å². The van der Waals surface area contributed by atoms with Crippen molar-refractivity contribution in [3.63, 3.8) is 0 Å². The lowest BCUT2D eigenvalue weighted by atomic mass is 9.82.